The minimum atomic E-state index is -0.581. The van der Waals surface area contributed by atoms with E-state index >= 15 is 0 Å². The number of allylic oxidation sites excluding steroid dienone is 11. The molecule has 0 unspecified atom stereocenters. The summed E-state index contributed by atoms with van der Waals surface area (Å²) in [7, 11) is 2.69. The van der Waals surface area contributed by atoms with Gasteiger partial charge in [0, 0.05) is 17.2 Å². The van der Waals surface area contributed by atoms with Crippen LogP contribution in [0.2, 0.25) is 0 Å². The van der Waals surface area contributed by atoms with Gasteiger partial charge in [0.05, 0.1) is 57.4 Å². The molecule has 3 saturated carbocycles. The predicted octanol–water partition coefficient (Wildman–Crippen LogP) is 6.60. The molecule has 3 aliphatic rings. The molecule has 0 atom stereocenters. The van der Waals surface area contributed by atoms with Gasteiger partial charge in [-0.05, 0) is 117 Å². The molecular formula is C44H45N7O6. The SMILES string of the molecule is [C-]#[N+]\C(C#N)=C(/C(C#N)=C/C=C/C=c1\c(=O)o/c(=C\C=C\C(=C=N)/C(=C(\C#N)[N+]#[C-])C2CCC(C(=O)OC)CC2)n1C1CCCCC1)C1CCC(C(=O)OC)CC1. The van der Waals surface area contributed by atoms with E-state index in [9.17, 15) is 30.2 Å². The lowest BCUT2D eigenvalue weighted by atomic mass is 9.76. The number of ether oxygens (including phenoxy) is 2. The third-order valence-corrected chi connectivity index (χ3v) is 11.1. The van der Waals surface area contributed by atoms with Crippen LogP contribution in [0.15, 0.2) is 73.3 Å². The Morgan fingerprint density at radius 2 is 1.28 bits per heavy atom. The summed E-state index contributed by atoms with van der Waals surface area (Å²) in [4.78, 5) is 44.4. The number of carbonyl (C=O) groups excluding carboxylic acids is 2. The number of hydrogen-bond acceptors (Lipinski definition) is 10. The summed E-state index contributed by atoms with van der Waals surface area (Å²) in [6.45, 7) is 15.2. The Kier molecular flexibility index (Phi) is 16.2. The Balaban J connectivity index is 1.70. The molecule has 3 aliphatic carbocycles. The molecule has 1 aromatic heterocycles. The number of hydrogen-bond donors (Lipinski definition) is 1. The lowest BCUT2D eigenvalue weighted by Gasteiger charge is -2.29. The summed E-state index contributed by atoms with van der Waals surface area (Å²) in [5, 5.41) is 38.1. The fourth-order valence-electron chi connectivity index (χ4n) is 8.24. The van der Waals surface area contributed by atoms with Crippen molar-refractivity contribution in [1.82, 2.24) is 4.57 Å². The number of oxazole rings is 1. The van der Waals surface area contributed by atoms with Gasteiger partial charge in [0.1, 0.15) is 5.35 Å². The Bertz CT molecular complexity index is 2280. The summed E-state index contributed by atoms with van der Waals surface area (Å²) in [6, 6.07) is 5.99. The Morgan fingerprint density at radius 1 is 0.754 bits per heavy atom. The highest BCUT2D eigenvalue weighted by molar-refractivity contribution is 5.73. The summed E-state index contributed by atoms with van der Waals surface area (Å²) in [6.07, 6.45) is 19.9. The maximum Gasteiger partial charge on any atom is 0.361 e. The lowest BCUT2D eigenvalue weighted by molar-refractivity contribution is -0.147. The zero-order chi connectivity index (χ0) is 41.3. The summed E-state index contributed by atoms with van der Waals surface area (Å²) >= 11 is 0. The molecule has 13 heteroatoms. The summed E-state index contributed by atoms with van der Waals surface area (Å²) in [5.74, 6) is 0.783. The minimum Gasteiger partial charge on any atom is -0.469 e. The van der Waals surface area contributed by atoms with Gasteiger partial charge < -0.3 is 18.5 Å². The average Bonchev–Trinajstić information content (AvgIpc) is 3.57. The van der Waals surface area contributed by atoms with Gasteiger partial charge in [0.2, 0.25) is 5.55 Å². The van der Waals surface area contributed by atoms with Gasteiger partial charge in [-0.3, -0.25) is 15.0 Å². The van der Waals surface area contributed by atoms with Crippen molar-refractivity contribution in [3.63, 3.8) is 0 Å². The van der Waals surface area contributed by atoms with Crippen molar-refractivity contribution in [2.24, 2.45) is 23.7 Å². The first kappa shape index (κ1) is 43.0. The largest absolute Gasteiger partial charge is 0.469 e. The molecule has 4 rings (SSSR count). The van der Waals surface area contributed by atoms with Gasteiger partial charge in [-0.25, -0.2) is 25.0 Å². The molecule has 0 amide bonds. The van der Waals surface area contributed by atoms with Crippen molar-refractivity contribution in [3.8, 4) is 18.2 Å². The van der Waals surface area contributed by atoms with Crippen molar-refractivity contribution in [2.45, 2.75) is 89.5 Å². The summed E-state index contributed by atoms with van der Waals surface area (Å²) < 4.78 is 17.4. The highest BCUT2D eigenvalue weighted by Gasteiger charge is 2.32. The number of methoxy groups -OCH3 is 2. The number of carbonyl (C=O) groups is 2. The van der Waals surface area contributed by atoms with Crippen LogP contribution in [-0.2, 0) is 19.1 Å². The molecule has 1 heterocycles. The Morgan fingerprint density at radius 3 is 1.77 bits per heavy atom. The van der Waals surface area contributed by atoms with E-state index in [4.69, 9.17) is 32.4 Å². The first-order chi connectivity index (χ1) is 27.7. The highest BCUT2D eigenvalue weighted by Crippen LogP contribution is 2.39. The number of aromatic nitrogens is 1. The van der Waals surface area contributed by atoms with Gasteiger partial charge in [-0.15, -0.1) is 0 Å². The van der Waals surface area contributed by atoms with E-state index in [-0.39, 0.29) is 75.1 Å². The van der Waals surface area contributed by atoms with Crippen molar-refractivity contribution >= 4 is 30.0 Å². The lowest BCUT2D eigenvalue weighted by Crippen LogP contribution is -2.35. The number of nitrogens with one attached hydrogen (secondary N) is 1. The van der Waals surface area contributed by atoms with Crippen LogP contribution in [0.4, 0.5) is 0 Å². The van der Waals surface area contributed by atoms with Crippen LogP contribution in [0, 0.1) is 76.2 Å². The van der Waals surface area contributed by atoms with E-state index in [1.54, 1.807) is 36.5 Å². The molecule has 1 N–H and O–H groups in total. The zero-order valence-corrected chi connectivity index (χ0v) is 32.3. The maximum atomic E-state index is 13.4. The fourth-order valence-corrected chi connectivity index (χ4v) is 8.24. The van der Waals surface area contributed by atoms with Crippen molar-refractivity contribution in [3.05, 3.63) is 108 Å². The smallest absolute Gasteiger partial charge is 0.361 e. The van der Waals surface area contributed by atoms with Crippen LogP contribution in [0.25, 0.3) is 21.8 Å². The molecule has 57 heavy (non-hydrogen) atoms. The van der Waals surface area contributed by atoms with E-state index in [1.165, 1.54) is 20.3 Å². The number of nitriles is 3. The van der Waals surface area contributed by atoms with Gasteiger partial charge in [-0.1, -0.05) is 37.5 Å². The van der Waals surface area contributed by atoms with Gasteiger partial charge >= 0.3 is 17.6 Å². The second-order valence-corrected chi connectivity index (χ2v) is 14.2. The molecule has 0 aliphatic heterocycles. The first-order valence-electron chi connectivity index (χ1n) is 19.1. The van der Waals surface area contributed by atoms with Gasteiger partial charge in [-0.2, -0.15) is 5.26 Å². The molecule has 0 aromatic carbocycles. The molecule has 13 nitrogen and oxygen atoms in total. The standard InChI is InChI=1S/C44H45N7O6/c1-49-36(27-47)40(29-17-21-31(22-18-29)42(52)55-3)33(25-45)11-8-9-15-38-44(54)57-39(51(38)35-13-6-5-7-14-35)16-10-12-34(26-46)41(37(28-48)50-2)30-19-23-32(24-20-30)43(53)56-4/h8-12,15-16,29-32,35,46H,5-7,13-14,17-24H2,3-4H3/b9-8+,12-10+,33-11+,38-15+,39-16-,40-36-,41-37+. The fraction of sp³-hybridized carbons (Fsp3) is 0.455. The molecule has 292 valence electrons. The van der Waals surface area contributed by atoms with E-state index in [0.717, 1.165) is 32.1 Å². The minimum absolute atomic E-state index is 0.0354. The molecule has 0 spiro atoms. The van der Waals surface area contributed by atoms with E-state index in [1.807, 2.05) is 16.7 Å². The Hall–Kier alpha value is -6.71. The van der Waals surface area contributed by atoms with Crippen LogP contribution in [0.5, 0.6) is 0 Å². The highest BCUT2D eigenvalue weighted by atomic mass is 16.5. The molecule has 0 saturated heterocycles. The van der Waals surface area contributed by atoms with E-state index < -0.39 is 5.63 Å². The number of nitrogens with zero attached hydrogens (tertiary/aromatic N) is 6. The monoisotopic (exact) mass is 767 g/mol. The molecule has 0 radical (unpaired) electrons. The molecular weight excluding hydrogens is 723 g/mol. The molecule has 3 fully saturated rings. The van der Waals surface area contributed by atoms with Crippen molar-refractivity contribution < 1.29 is 23.5 Å². The van der Waals surface area contributed by atoms with Gasteiger partial charge in [0.25, 0.3) is 11.4 Å². The maximum absolute atomic E-state index is 13.4. The molecule has 1 aromatic rings. The predicted molar refractivity (Wildman–Crippen MR) is 210 cm³/mol. The number of esters is 2. The Labute approximate surface area is 332 Å². The average molecular weight is 768 g/mol. The first-order valence-corrected chi connectivity index (χ1v) is 19.1. The van der Waals surface area contributed by atoms with Crippen LogP contribution in [0.1, 0.15) is 89.5 Å². The third kappa shape index (κ3) is 10.5. The molecule has 0 bridgehead atoms. The van der Waals surface area contributed by atoms with E-state index in [2.05, 4.69) is 21.6 Å². The quantitative estimate of drug-likeness (QED) is 0.0850. The van der Waals surface area contributed by atoms with Crippen LogP contribution in [-0.4, -0.2) is 36.6 Å². The zero-order valence-electron chi connectivity index (χ0n) is 32.3. The van der Waals surface area contributed by atoms with Crippen LogP contribution < -0.4 is 16.5 Å². The summed E-state index contributed by atoms with van der Waals surface area (Å²) in [5.41, 5.74) is 0.526. The van der Waals surface area contributed by atoms with E-state index in [0.29, 0.717) is 62.5 Å². The normalized spacial score (nSPS) is 23.1. The van der Waals surface area contributed by atoms with Gasteiger partial charge in [0.15, 0.2) is 0 Å². The van der Waals surface area contributed by atoms with Crippen LogP contribution in [0.3, 0.4) is 0 Å². The van der Waals surface area contributed by atoms with Crippen molar-refractivity contribution in [1.29, 1.82) is 21.2 Å². The second-order valence-electron chi connectivity index (χ2n) is 14.2. The van der Waals surface area contributed by atoms with Crippen LogP contribution >= 0.6 is 0 Å². The van der Waals surface area contributed by atoms with Crippen molar-refractivity contribution in [2.75, 3.05) is 14.2 Å². The topological polar surface area (TPSA) is 192 Å². The second kappa shape index (κ2) is 21.4. The third-order valence-electron chi connectivity index (χ3n) is 11.1. The number of rotatable bonds is 11.